The first-order chi connectivity index (χ1) is 8.79. The van der Waals surface area contributed by atoms with Crippen LogP contribution in [0.25, 0.3) is 0 Å². The van der Waals surface area contributed by atoms with Gasteiger partial charge in [-0.15, -0.1) is 0 Å². The summed E-state index contributed by atoms with van der Waals surface area (Å²) in [6.07, 6.45) is 0. The number of carboxylic acid groups (broad SMARTS) is 1. The fraction of sp³-hybridized carbons (Fsp3) is 0.200. The van der Waals surface area contributed by atoms with Gasteiger partial charge in [0, 0.05) is 5.69 Å². The number of nitrogens with two attached hydrogens (primary N) is 1. The molecule has 0 unspecified atom stereocenters. The molecule has 9 heteroatoms. The van der Waals surface area contributed by atoms with Crippen molar-refractivity contribution in [2.24, 2.45) is 5.14 Å². The van der Waals surface area contributed by atoms with Gasteiger partial charge in [-0.05, 0) is 24.3 Å². The van der Waals surface area contributed by atoms with Gasteiger partial charge in [0.15, 0.2) is 0 Å². The van der Waals surface area contributed by atoms with Crippen molar-refractivity contribution in [1.29, 1.82) is 0 Å². The number of aliphatic carboxylic acids is 1. The fourth-order valence-corrected chi connectivity index (χ4v) is 1.67. The SMILES string of the molecule is NS(=O)(=O)c1ccc(NC(=O)COCC(=O)[O-])cc1. The first kappa shape index (κ1) is 15.1. The predicted octanol–water partition coefficient (Wildman–Crippen LogP) is -1.96. The average molecular weight is 287 g/mol. The molecule has 0 atom stereocenters. The van der Waals surface area contributed by atoms with Crippen molar-refractivity contribution in [3.8, 4) is 0 Å². The van der Waals surface area contributed by atoms with Gasteiger partial charge in [-0.3, -0.25) is 4.79 Å². The van der Waals surface area contributed by atoms with Gasteiger partial charge < -0.3 is 20.0 Å². The second-order valence-electron chi connectivity index (χ2n) is 3.48. The minimum Gasteiger partial charge on any atom is -0.548 e. The van der Waals surface area contributed by atoms with Gasteiger partial charge in [-0.25, -0.2) is 13.6 Å². The number of benzene rings is 1. The zero-order valence-corrected chi connectivity index (χ0v) is 10.5. The molecule has 1 rings (SSSR count). The number of hydrogen-bond donors (Lipinski definition) is 2. The van der Waals surface area contributed by atoms with Crippen LogP contribution in [-0.2, 0) is 24.3 Å². The number of anilines is 1. The largest absolute Gasteiger partial charge is 0.548 e. The topological polar surface area (TPSA) is 139 Å². The van der Waals surface area contributed by atoms with Crippen molar-refractivity contribution in [2.75, 3.05) is 18.5 Å². The fourth-order valence-electron chi connectivity index (χ4n) is 1.15. The molecular weight excluding hydrogens is 276 g/mol. The molecular formula is C10H11N2O6S-. The maximum atomic E-state index is 11.3. The van der Waals surface area contributed by atoms with Crippen LogP contribution in [0.5, 0.6) is 0 Å². The lowest BCUT2D eigenvalue weighted by Crippen LogP contribution is -2.29. The maximum absolute atomic E-state index is 11.3. The molecule has 0 fully saturated rings. The van der Waals surface area contributed by atoms with E-state index in [0.29, 0.717) is 5.69 Å². The van der Waals surface area contributed by atoms with Gasteiger partial charge in [0.25, 0.3) is 0 Å². The summed E-state index contributed by atoms with van der Waals surface area (Å²) in [4.78, 5) is 21.2. The number of hydrogen-bond acceptors (Lipinski definition) is 6. The molecule has 8 nitrogen and oxygen atoms in total. The van der Waals surface area contributed by atoms with E-state index < -0.39 is 35.1 Å². The van der Waals surface area contributed by atoms with Crippen LogP contribution in [0.1, 0.15) is 0 Å². The smallest absolute Gasteiger partial charge is 0.250 e. The summed E-state index contributed by atoms with van der Waals surface area (Å²) in [5.41, 5.74) is 0.328. The summed E-state index contributed by atoms with van der Waals surface area (Å²) in [6.45, 7) is -1.14. The third-order valence-electron chi connectivity index (χ3n) is 1.92. The Balaban J connectivity index is 2.54. The zero-order chi connectivity index (χ0) is 14.5. The highest BCUT2D eigenvalue weighted by molar-refractivity contribution is 7.89. The zero-order valence-electron chi connectivity index (χ0n) is 9.66. The highest BCUT2D eigenvalue weighted by Gasteiger charge is 2.08. The van der Waals surface area contributed by atoms with Crippen LogP contribution in [0, 0.1) is 0 Å². The maximum Gasteiger partial charge on any atom is 0.250 e. The van der Waals surface area contributed by atoms with Crippen LogP contribution in [-0.4, -0.2) is 33.5 Å². The summed E-state index contributed by atoms with van der Waals surface area (Å²) < 4.78 is 26.5. The van der Waals surface area contributed by atoms with Gasteiger partial charge in [0.2, 0.25) is 15.9 Å². The molecule has 1 aromatic carbocycles. The molecule has 1 aromatic rings. The van der Waals surface area contributed by atoms with E-state index >= 15 is 0 Å². The van der Waals surface area contributed by atoms with Gasteiger partial charge in [0.1, 0.15) is 6.61 Å². The van der Waals surface area contributed by atoms with E-state index in [0.717, 1.165) is 0 Å². The Morgan fingerprint density at radius 3 is 2.26 bits per heavy atom. The summed E-state index contributed by atoms with van der Waals surface area (Å²) in [7, 11) is -3.78. The Labute approximate surface area is 109 Å². The van der Waals surface area contributed by atoms with Crippen molar-refractivity contribution in [2.45, 2.75) is 4.90 Å². The number of carbonyl (C=O) groups is 2. The Bertz CT molecular complexity index is 566. The third-order valence-corrected chi connectivity index (χ3v) is 2.85. The lowest BCUT2D eigenvalue weighted by atomic mass is 10.3. The minimum atomic E-state index is -3.78. The molecule has 0 saturated carbocycles. The van der Waals surface area contributed by atoms with E-state index in [-0.39, 0.29) is 4.90 Å². The van der Waals surface area contributed by atoms with E-state index in [2.05, 4.69) is 10.1 Å². The van der Waals surface area contributed by atoms with Crippen LogP contribution < -0.4 is 15.6 Å². The number of rotatable bonds is 6. The van der Waals surface area contributed by atoms with E-state index in [9.17, 15) is 23.1 Å². The normalized spacial score (nSPS) is 11.0. The van der Waals surface area contributed by atoms with Gasteiger partial charge in [-0.2, -0.15) is 0 Å². The standard InChI is InChI=1S/C10H12N2O6S/c11-19(16,17)8-3-1-7(2-4-8)12-9(13)5-18-6-10(14)15/h1-4H,5-6H2,(H,12,13)(H,14,15)(H2,11,16,17)/p-1. The average Bonchev–Trinajstić information content (AvgIpc) is 2.27. The summed E-state index contributed by atoms with van der Waals surface area (Å²) in [5, 5.41) is 17.3. The minimum absolute atomic E-state index is 0.0845. The third kappa shape index (κ3) is 5.46. The molecule has 0 aliphatic heterocycles. The molecule has 19 heavy (non-hydrogen) atoms. The second kappa shape index (κ2) is 6.27. The van der Waals surface area contributed by atoms with Crippen LogP contribution in [0.4, 0.5) is 5.69 Å². The molecule has 3 N–H and O–H groups in total. The number of amides is 1. The quantitative estimate of drug-likeness (QED) is 0.622. The molecule has 0 heterocycles. The Kier molecular flexibility index (Phi) is 4.98. The second-order valence-corrected chi connectivity index (χ2v) is 5.04. The monoisotopic (exact) mass is 287 g/mol. The number of sulfonamides is 1. The number of carboxylic acids is 1. The predicted molar refractivity (Wildman–Crippen MR) is 62.3 cm³/mol. The lowest BCUT2D eigenvalue weighted by Gasteiger charge is -2.07. The Morgan fingerprint density at radius 1 is 1.21 bits per heavy atom. The van der Waals surface area contributed by atoms with Crippen molar-refractivity contribution < 1.29 is 27.9 Å². The van der Waals surface area contributed by atoms with E-state index in [1.165, 1.54) is 24.3 Å². The van der Waals surface area contributed by atoms with Crippen molar-refractivity contribution in [1.82, 2.24) is 0 Å². The molecule has 0 saturated heterocycles. The molecule has 0 aliphatic rings. The number of primary sulfonamides is 1. The van der Waals surface area contributed by atoms with Gasteiger partial charge >= 0.3 is 0 Å². The number of carbonyl (C=O) groups excluding carboxylic acids is 2. The van der Waals surface area contributed by atoms with Crippen molar-refractivity contribution >= 4 is 27.6 Å². The van der Waals surface area contributed by atoms with Crippen LogP contribution in [0.15, 0.2) is 29.2 Å². The van der Waals surface area contributed by atoms with Crippen LogP contribution >= 0.6 is 0 Å². The van der Waals surface area contributed by atoms with Crippen LogP contribution in [0.3, 0.4) is 0 Å². The van der Waals surface area contributed by atoms with Gasteiger partial charge in [-0.1, -0.05) is 0 Å². The summed E-state index contributed by atoms with van der Waals surface area (Å²) >= 11 is 0. The highest BCUT2D eigenvalue weighted by Crippen LogP contribution is 2.12. The molecule has 104 valence electrons. The Morgan fingerprint density at radius 2 is 1.79 bits per heavy atom. The van der Waals surface area contributed by atoms with E-state index in [1.54, 1.807) is 0 Å². The molecule has 0 spiro atoms. The number of nitrogens with one attached hydrogen (secondary N) is 1. The number of ether oxygens (including phenoxy) is 1. The van der Waals surface area contributed by atoms with E-state index in [4.69, 9.17) is 5.14 Å². The molecule has 0 bridgehead atoms. The van der Waals surface area contributed by atoms with E-state index in [1.807, 2.05) is 0 Å². The summed E-state index contributed by atoms with van der Waals surface area (Å²) in [6, 6.07) is 5.15. The molecule has 0 aromatic heterocycles. The molecule has 0 radical (unpaired) electrons. The summed E-state index contributed by atoms with van der Waals surface area (Å²) in [5.74, 6) is -2.00. The van der Waals surface area contributed by atoms with Crippen LogP contribution in [0.2, 0.25) is 0 Å². The first-order valence-corrected chi connectivity index (χ1v) is 6.54. The molecule has 0 aliphatic carbocycles. The first-order valence-electron chi connectivity index (χ1n) is 4.99. The van der Waals surface area contributed by atoms with Crippen molar-refractivity contribution in [3.63, 3.8) is 0 Å². The van der Waals surface area contributed by atoms with Crippen molar-refractivity contribution in [3.05, 3.63) is 24.3 Å². The highest BCUT2D eigenvalue weighted by atomic mass is 32.2. The Hall–Kier alpha value is -1.97. The lowest BCUT2D eigenvalue weighted by molar-refractivity contribution is -0.309. The van der Waals surface area contributed by atoms with Gasteiger partial charge in [0.05, 0.1) is 17.5 Å². The molecule has 1 amide bonds.